The third kappa shape index (κ3) is 3.22. The molecule has 2 rings (SSSR count). The Hall–Kier alpha value is -1.11. The van der Waals surface area contributed by atoms with Crippen LogP contribution < -0.4 is 9.47 Å². The van der Waals surface area contributed by atoms with Gasteiger partial charge in [0.05, 0.1) is 14.2 Å². The number of halogens is 3. The fourth-order valence-corrected chi connectivity index (χ4v) is 3.04. The number of aliphatic hydroxyl groups excluding tert-OH is 1. The van der Waals surface area contributed by atoms with E-state index in [-0.39, 0.29) is 5.56 Å². The standard InChI is InChI=1S/C15H13Br2FO3/c1-20-12-6-5-10(15(21-2)13(12)17)14(19)9-4-3-8(16)7-11(9)18/h3-7,14,19H,1-2H3. The molecule has 0 aromatic heterocycles. The summed E-state index contributed by atoms with van der Waals surface area (Å²) in [7, 11) is 3.01. The maximum Gasteiger partial charge on any atom is 0.142 e. The molecule has 3 nitrogen and oxygen atoms in total. The highest BCUT2D eigenvalue weighted by atomic mass is 79.9. The van der Waals surface area contributed by atoms with E-state index in [0.717, 1.165) is 0 Å². The van der Waals surface area contributed by atoms with Crippen LogP contribution in [0.1, 0.15) is 17.2 Å². The highest BCUT2D eigenvalue weighted by Gasteiger charge is 2.22. The molecule has 0 amide bonds. The molecule has 1 atom stereocenters. The summed E-state index contributed by atoms with van der Waals surface area (Å²) in [6.07, 6.45) is -1.14. The lowest BCUT2D eigenvalue weighted by molar-refractivity contribution is 0.209. The fourth-order valence-electron chi connectivity index (χ4n) is 2.02. The molecule has 0 bridgehead atoms. The van der Waals surface area contributed by atoms with E-state index in [0.29, 0.717) is 26.0 Å². The molecule has 0 saturated heterocycles. The number of aliphatic hydroxyl groups is 1. The molecule has 1 N–H and O–H groups in total. The smallest absolute Gasteiger partial charge is 0.142 e. The summed E-state index contributed by atoms with van der Waals surface area (Å²) in [5, 5.41) is 10.5. The minimum atomic E-state index is -1.14. The maximum atomic E-state index is 14.0. The zero-order chi connectivity index (χ0) is 15.6. The highest BCUT2D eigenvalue weighted by molar-refractivity contribution is 9.11. The molecule has 0 radical (unpaired) electrons. The Morgan fingerprint density at radius 3 is 2.29 bits per heavy atom. The average Bonchev–Trinajstić information content (AvgIpc) is 2.46. The molecule has 2 aromatic rings. The van der Waals surface area contributed by atoms with Gasteiger partial charge in [0.2, 0.25) is 0 Å². The first-order valence-corrected chi connectivity index (χ1v) is 7.61. The third-order valence-electron chi connectivity index (χ3n) is 3.07. The predicted octanol–water partition coefficient (Wildman–Crippen LogP) is 4.45. The first-order chi connectivity index (χ1) is 9.99. The van der Waals surface area contributed by atoms with Gasteiger partial charge in [-0.3, -0.25) is 0 Å². The van der Waals surface area contributed by atoms with Crippen molar-refractivity contribution in [3.8, 4) is 11.5 Å². The van der Waals surface area contributed by atoms with Gasteiger partial charge in [-0.25, -0.2) is 4.39 Å². The maximum absolute atomic E-state index is 14.0. The molecule has 2 aromatic carbocycles. The summed E-state index contributed by atoms with van der Waals surface area (Å²) in [5.41, 5.74) is 0.625. The van der Waals surface area contributed by atoms with Crippen molar-refractivity contribution < 1.29 is 19.0 Å². The van der Waals surface area contributed by atoms with Gasteiger partial charge in [0.1, 0.15) is 27.9 Å². The van der Waals surface area contributed by atoms with Crippen LogP contribution in [0, 0.1) is 5.82 Å². The zero-order valence-corrected chi connectivity index (χ0v) is 14.5. The van der Waals surface area contributed by atoms with E-state index in [1.807, 2.05) is 0 Å². The van der Waals surface area contributed by atoms with Gasteiger partial charge in [-0.15, -0.1) is 0 Å². The number of hydrogen-bond acceptors (Lipinski definition) is 3. The fraction of sp³-hybridized carbons (Fsp3) is 0.200. The molecule has 0 fully saturated rings. The second-order valence-electron chi connectivity index (χ2n) is 4.27. The lowest BCUT2D eigenvalue weighted by Gasteiger charge is -2.18. The van der Waals surface area contributed by atoms with Crippen molar-refractivity contribution in [2.24, 2.45) is 0 Å². The SMILES string of the molecule is COc1ccc(C(O)c2ccc(Br)cc2F)c(OC)c1Br. The van der Waals surface area contributed by atoms with Gasteiger partial charge in [-0.05, 0) is 40.2 Å². The van der Waals surface area contributed by atoms with Crippen LogP contribution in [0.25, 0.3) is 0 Å². The van der Waals surface area contributed by atoms with Crippen LogP contribution >= 0.6 is 31.9 Å². The second-order valence-corrected chi connectivity index (χ2v) is 5.98. The summed E-state index contributed by atoms with van der Waals surface area (Å²) in [6.45, 7) is 0. The Balaban J connectivity index is 2.52. The molecule has 21 heavy (non-hydrogen) atoms. The van der Waals surface area contributed by atoms with Crippen molar-refractivity contribution in [1.29, 1.82) is 0 Å². The Bertz CT molecular complexity index is 662. The normalized spacial score (nSPS) is 12.1. The largest absolute Gasteiger partial charge is 0.495 e. The molecule has 0 aliphatic heterocycles. The summed E-state index contributed by atoms with van der Waals surface area (Å²) >= 11 is 6.55. The molecule has 0 spiro atoms. The van der Waals surface area contributed by atoms with E-state index in [1.54, 1.807) is 18.2 Å². The van der Waals surface area contributed by atoms with Crippen molar-refractivity contribution >= 4 is 31.9 Å². The minimum Gasteiger partial charge on any atom is -0.495 e. The van der Waals surface area contributed by atoms with Crippen molar-refractivity contribution in [3.63, 3.8) is 0 Å². The number of ether oxygens (including phenoxy) is 2. The van der Waals surface area contributed by atoms with Crippen molar-refractivity contribution in [3.05, 3.63) is 56.2 Å². The van der Waals surface area contributed by atoms with Crippen LogP contribution in [-0.2, 0) is 0 Å². The van der Waals surface area contributed by atoms with Crippen LogP contribution in [0.2, 0.25) is 0 Å². The Morgan fingerprint density at radius 1 is 1.05 bits per heavy atom. The predicted molar refractivity (Wildman–Crippen MR) is 85.4 cm³/mol. The van der Waals surface area contributed by atoms with Gasteiger partial charge in [0.15, 0.2) is 0 Å². The highest BCUT2D eigenvalue weighted by Crippen LogP contribution is 2.41. The van der Waals surface area contributed by atoms with Gasteiger partial charge in [-0.2, -0.15) is 0 Å². The van der Waals surface area contributed by atoms with Gasteiger partial charge in [0.25, 0.3) is 0 Å². The average molecular weight is 420 g/mol. The van der Waals surface area contributed by atoms with Gasteiger partial charge < -0.3 is 14.6 Å². The first kappa shape index (κ1) is 16.3. The lowest BCUT2D eigenvalue weighted by atomic mass is 10.00. The summed E-state index contributed by atoms with van der Waals surface area (Å²) in [6, 6.07) is 7.84. The number of hydrogen-bond donors (Lipinski definition) is 1. The molecular weight excluding hydrogens is 407 g/mol. The van der Waals surface area contributed by atoms with Crippen molar-refractivity contribution in [2.75, 3.05) is 14.2 Å². The molecule has 0 aliphatic carbocycles. The molecule has 1 unspecified atom stereocenters. The number of benzene rings is 2. The van der Waals surface area contributed by atoms with Gasteiger partial charge in [0, 0.05) is 15.6 Å². The number of rotatable bonds is 4. The Morgan fingerprint density at radius 2 is 1.71 bits per heavy atom. The van der Waals surface area contributed by atoms with Crippen LogP contribution in [0.5, 0.6) is 11.5 Å². The van der Waals surface area contributed by atoms with E-state index in [2.05, 4.69) is 31.9 Å². The van der Waals surface area contributed by atoms with Crippen LogP contribution in [-0.4, -0.2) is 19.3 Å². The van der Waals surface area contributed by atoms with E-state index < -0.39 is 11.9 Å². The molecule has 0 saturated carbocycles. The summed E-state index contributed by atoms with van der Waals surface area (Å²) in [5.74, 6) is 0.481. The topological polar surface area (TPSA) is 38.7 Å². The second kappa shape index (κ2) is 6.77. The molecule has 6 heteroatoms. The quantitative estimate of drug-likeness (QED) is 0.795. The zero-order valence-electron chi connectivity index (χ0n) is 11.4. The van der Waals surface area contributed by atoms with Crippen LogP contribution in [0.15, 0.2) is 39.3 Å². The monoisotopic (exact) mass is 418 g/mol. The van der Waals surface area contributed by atoms with Crippen LogP contribution in [0.4, 0.5) is 4.39 Å². The third-order valence-corrected chi connectivity index (χ3v) is 4.31. The first-order valence-electron chi connectivity index (χ1n) is 6.03. The number of methoxy groups -OCH3 is 2. The van der Waals surface area contributed by atoms with Crippen LogP contribution in [0.3, 0.4) is 0 Å². The Labute approximate surface area is 139 Å². The van der Waals surface area contributed by atoms with Crippen molar-refractivity contribution in [2.45, 2.75) is 6.10 Å². The summed E-state index contributed by atoms with van der Waals surface area (Å²) < 4.78 is 25.7. The van der Waals surface area contributed by atoms with E-state index >= 15 is 0 Å². The van der Waals surface area contributed by atoms with Crippen molar-refractivity contribution in [1.82, 2.24) is 0 Å². The van der Waals surface area contributed by atoms with Gasteiger partial charge >= 0.3 is 0 Å². The lowest BCUT2D eigenvalue weighted by Crippen LogP contribution is -2.05. The molecular formula is C15H13Br2FO3. The molecule has 0 aliphatic rings. The summed E-state index contributed by atoms with van der Waals surface area (Å²) in [4.78, 5) is 0. The Kier molecular flexibility index (Phi) is 5.24. The molecule has 112 valence electrons. The molecule has 0 heterocycles. The van der Waals surface area contributed by atoms with E-state index in [4.69, 9.17) is 9.47 Å². The van der Waals surface area contributed by atoms with E-state index in [9.17, 15) is 9.50 Å². The minimum absolute atomic E-state index is 0.175. The van der Waals surface area contributed by atoms with Gasteiger partial charge in [-0.1, -0.05) is 22.0 Å². The van der Waals surface area contributed by atoms with E-state index in [1.165, 1.54) is 26.4 Å².